The van der Waals surface area contributed by atoms with Crippen LogP contribution in [0.15, 0.2) is 22.7 Å². The lowest BCUT2D eigenvalue weighted by Crippen LogP contribution is -2.13. The highest BCUT2D eigenvalue weighted by Gasteiger charge is 2.22. The van der Waals surface area contributed by atoms with Gasteiger partial charge in [0.2, 0.25) is 0 Å². The number of halogens is 1. The fourth-order valence-corrected chi connectivity index (χ4v) is 2.20. The largest absolute Gasteiger partial charge is 0.294 e. The van der Waals surface area contributed by atoms with Gasteiger partial charge in [0.15, 0.2) is 5.78 Å². The van der Waals surface area contributed by atoms with Gasteiger partial charge in [0.25, 0.3) is 0 Å². The molecular weight excluding hydrogens is 228 g/mol. The average Bonchev–Trinajstić information content (AvgIpc) is 2.12. The van der Waals surface area contributed by atoms with Gasteiger partial charge in [0.05, 0.1) is 0 Å². The average molecular weight is 239 g/mol. The van der Waals surface area contributed by atoms with Crippen molar-refractivity contribution in [1.29, 1.82) is 0 Å². The van der Waals surface area contributed by atoms with Crippen LogP contribution in [-0.2, 0) is 0 Å². The van der Waals surface area contributed by atoms with E-state index in [-0.39, 0.29) is 5.78 Å². The van der Waals surface area contributed by atoms with E-state index in [1.807, 2.05) is 12.1 Å². The Morgan fingerprint density at radius 1 is 1.46 bits per heavy atom. The second-order valence-electron chi connectivity index (χ2n) is 3.59. The highest BCUT2D eigenvalue weighted by Crippen LogP contribution is 2.32. The van der Waals surface area contributed by atoms with Gasteiger partial charge < -0.3 is 0 Å². The Hall–Kier alpha value is -0.630. The summed E-state index contributed by atoms with van der Waals surface area (Å²) in [6.07, 6.45) is 1.69. The molecule has 0 heterocycles. The minimum Gasteiger partial charge on any atom is -0.294 e. The minimum atomic E-state index is 0.286. The van der Waals surface area contributed by atoms with Gasteiger partial charge >= 0.3 is 0 Å². The highest BCUT2D eigenvalue weighted by atomic mass is 79.9. The molecule has 0 saturated heterocycles. The van der Waals surface area contributed by atoms with Crippen LogP contribution >= 0.6 is 15.9 Å². The predicted octanol–water partition coefficient (Wildman–Crippen LogP) is 3.53. The first kappa shape index (κ1) is 8.95. The molecule has 68 valence electrons. The molecule has 1 aliphatic rings. The van der Waals surface area contributed by atoms with E-state index in [0.717, 1.165) is 16.5 Å². The van der Waals surface area contributed by atoms with Crippen molar-refractivity contribution >= 4 is 21.7 Å². The lowest BCUT2D eigenvalue weighted by Gasteiger charge is -2.21. The van der Waals surface area contributed by atoms with Crippen LogP contribution in [0.5, 0.6) is 0 Å². The number of carbonyl (C=O) groups excluding carboxylic acids is 1. The van der Waals surface area contributed by atoms with Crippen LogP contribution in [0.25, 0.3) is 0 Å². The monoisotopic (exact) mass is 238 g/mol. The summed E-state index contributed by atoms with van der Waals surface area (Å²) in [5, 5.41) is 0. The summed E-state index contributed by atoms with van der Waals surface area (Å²) in [7, 11) is 0. The third kappa shape index (κ3) is 1.55. The first-order valence-corrected chi connectivity index (χ1v) is 5.30. The fraction of sp³-hybridized carbons (Fsp3) is 0.364. The van der Waals surface area contributed by atoms with Crippen LogP contribution in [0.1, 0.15) is 41.6 Å². The van der Waals surface area contributed by atoms with Gasteiger partial charge in [0, 0.05) is 16.5 Å². The maximum Gasteiger partial charge on any atom is 0.163 e. The van der Waals surface area contributed by atoms with E-state index in [2.05, 4.69) is 28.9 Å². The zero-order valence-corrected chi connectivity index (χ0v) is 9.10. The predicted molar refractivity (Wildman–Crippen MR) is 56.1 cm³/mol. The molecule has 0 radical (unpaired) electrons. The Bertz CT molecular complexity index is 357. The van der Waals surface area contributed by atoms with Crippen LogP contribution in [0.4, 0.5) is 0 Å². The number of hydrogen-bond donors (Lipinski definition) is 0. The zero-order chi connectivity index (χ0) is 9.42. The second kappa shape index (κ2) is 3.26. The molecule has 2 heteroatoms. The zero-order valence-electron chi connectivity index (χ0n) is 7.51. The molecule has 0 spiro atoms. The summed E-state index contributed by atoms with van der Waals surface area (Å²) in [4.78, 5) is 11.6. The van der Waals surface area contributed by atoms with Gasteiger partial charge in [-0.05, 0) is 30.0 Å². The Labute approximate surface area is 86.3 Å². The third-order valence-corrected chi connectivity index (χ3v) is 3.14. The molecule has 0 bridgehead atoms. The second-order valence-corrected chi connectivity index (χ2v) is 4.51. The summed E-state index contributed by atoms with van der Waals surface area (Å²) in [6.45, 7) is 2.18. The standard InChI is InChI=1S/C11H11BrO/c1-7-2-5-11(13)10-6-8(12)3-4-9(7)10/h3-4,6-7H,2,5H2,1H3/t7-/m1/s1. The number of carbonyl (C=O) groups is 1. The van der Waals surface area contributed by atoms with Crippen molar-refractivity contribution in [2.24, 2.45) is 0 Å². The maximum atomic E-state index is 11.6. The van der Waals surface area contributed by atoms with Gasteiger partial charge in [-0.25, -0.2) is 0 Å². The summed E-state index contributed by atoms with van der Waals surface area (Å²) >= 11 is 3.39. The summed E-state index contributed by atoms with van der Waals surface area (Å²) < 4.78 is 0.994. The van der Waals surface area contributed by atoms with Crippen molar-refractivity contribution in [3.05, 3.63) is 33.8 Å². The summed E-state index contributed by atoms with van der Waals surface area (Å²) in [6, 6.07) is 6.00. The summed E-state index contributed by atoms with van der Waals surface area (Å²) in [5.74, 6) is 0.815. The van der Waals surface area contributed by atoms with Crippen LogP contribution < -0.4 is 0 Å². The van der Waals surface area contributed by atoms with Crippen molar-refractivity contribution in [2.75, 3.05) is 0 Å². The van der Waals surface area contributed by atoms with Gasteiger partial charge in [0.1, 0.15) is 0 Å². The van der Waals surface area contributed by atoms with Crippen LogP contribution in [-0.4, -0.2) is 5.78 Å². The van der Waals surface area contributed by atoms with Crippen molar-refractivity contribution < 1.29 is 4.79 Å². The molecular formula is C11H11BrO. The molecule has 0 saturated carbocycles. The van der Waals surface area contributed by atoms with Gasteiger partial charge in [-0.3, -0.25) is 4.79 Å². The first-order chi connectivity index (χ1) is 6.18. The van der Waals surface area contributed by atoms with Gasteiger partial charge in [-0.15, -0.1) is 0 Å². The van der Waals surface area contributed by atoms with E-state index in [0.29, 0.717) is 12.3 Å². The highest BCUT2D eigenvalue weighted by molar-refractivity contribution is 9.10. The minimum absolute atomic E-state index is 0.286. The number of Topliss-reactive ketones (excluding diaryl/α,β-unsaturated/α-hetero) is 1. The van der Waals surface area contributed by atoms with E-state index in [1.54, 1.807) is 0 Å². The van der Waals surface area contributed by atoms with Gasteiger partial charge in [-0.2, -0.15) is 0 Å². The molecule has 1 nitrogen and oxygen atoms in total. The van der Waals surface area contributed by atoms with Crippen molar-refractivity contribution in [2.45, 2.75) is 25.7 Å². The lowest BCUT2D eigenvalue weighted by atomic mass is 9.83. The molecule has 0 N–H and O–H groups in total. The van der Waals surface area contributed by atoms with E-state index in [4.69, 9.17) is 0 Å². The van der Waals surface area contributed by atoms with Crippen molar-refractivity contribution in [3.63, 3.8) is 0 Å². The maximum absolute atomic E-state index is 11.6. The Kier molecular flexibility index (Phi) is 2.24. The Morgan fingerprint density at radius 2 is 2.23 bits per heavy atom. The number of benzene rings is 1. The molecule has 2 rings (SSSR count). The van der Waals surface area contributed by atoms with E-state index < -0.39 is 0 Å². The molecule has 0 aromatic heterocycles. The third-order valence-electron chi connectivity index (χ3n) is 2.65. The van der Waals surface area contributed by atoms with Crippen molar-refractivity contribution in [1.82, 2.24) is 0 Å². The topological polar surface area (TPSA) is 17.1 Å². The Morgan fingerprint density at radius 3 is 3.00 bits per heavy atom. The van der Waals surface area contributed by atoms with Crippen LogP contribution in [0.3, 0.4) is 0 Å². The first-order valence-electron chi connectivity index (χ1n) is 4.51. The molecule has 1 atom stereocenters. The normalized spacial score (nSPS) is 21.4. The van der Waals surface area contributed by atoms with E-state index in [9.17, 15) is 4.79 Å². The molecule has 0 unspecified atom stereocenters. The smallest absolute Gasteiger partial charge is 0.163 e. The number of rotatable bonds is 0. The Balaban J connectivity index is 2.57. The summed E-state index contributed by atoms with van der Waals surface area (Å²) in [5.41, 5.74) is 2.12. The molecule has 0 aliphatic heterocycles. The van der Waals surface area contributed by atoms with Crippen LogP contribution in [0, 0.1) is 0 Å². The van der Waals surface area contributed by atoms with Crippen LogP contribution in [0.2, 0.25) is 0 Å². The number of hydrogen-bond acceptors (Lipinski definition) is 1. The quantitative estimate of drug-likeness (QED) is 0.676. The van der Waals surface area contributed by atoms with Gasteiger partial charge in [-0.1, -0.05) is 28.9 Å². The SMILES string of the molecule is C[C@@H]1CCC(=O)c2cc(Br)ccc21. The molecule has 0 amide bonds. The number of ketones is 1. The van der Waals surface area contributed by atoms with E-state index >= 15 is 0 Å². The lowest BCUT2D eigenvalue weighted by molar-refractivity contribution is 0.0968. The molecule has 13 heavy (non-hydrogen) atoms. The molecule has 1 aromatic carbocycles. The number of fused-ring (bicyclic) bond motifs is 1. The van der Waals surface area contributed by atoms with Crippen molar-refractivity contribution in [3.8, 4) is 0 Å². The van der Waals surface area contributed by atoms with E-state index in [1.165, 1.54) is 5.56 Å². The molecule has 1 aromatic rings. The molecule has 1 aliphatic carbocycles. The fourth-order valence-electron chi connectivity index (χ4n) is 1.84. The molecule has 0 fully saturated rings.